The van der Waals surface area contributed by atoms with E-state index in [9.17, 15) is 4.79 Å². The molecule has 2 aromatic rings. The summed E-state index contributed by atoms with van der Waals surface area (Å²) in [6, 6.07) is 9.97. The molecule has 5 nitrogen and oxygen atoms in total. The lowest BCUT2D eigenvalue weighted by molar-refractivity contribution is 0.103. The van der Waals surface area contributed by atoms with E-state index in [1.54, 1.807) is 36.4 Å². The number of methoxy groups -OCH3 is 3. The van der Waals surface area contributed by atoms with Gasteiger partial charge in [0.05, 0.1) is 32.5 Å². The minimum absolute atomic E-state index is 0.241. The number of ether oxygens (including phenoxy) is 3. The van der Waals surface area contributed by atoms with E-state index in [2.05, 4.69) is 0 Å². The zero-order chi connectivity index (χ0) is 15.4. The van der Waals surface area contributed by atoms with Crippen LogP contribution in [0, 0.1) is 0 Å². The quantitative estimate of drug-likeness (QED) is 0.676. The van der Waals surface area contributed by atoms with E-state index in [1.165, 1.54) is 21.3 Å². The molecule has 5 heteroatoms. The molecule has 0 saturated heterocycles. The third kappa shape index (κ3) is 2.91. The number of nitrogens with two attached hydrogens (primary N) is 1. The Balaban J connectivity index is 2.56. The molecule has 0 bridgehead atoms. The Bertz CT molecular complexity index is 667. The van der Waals surface area contributed by atoms with Crippen molar-refractivity contribution in [2.24, 2.45) is 0 Å². The summed E-state index contributed by atoms with van der Waals surface area (Å²) in [6.07, 6.45) is 0. The van der Waals surface area contributed by atoms with Crippen molar-refractivity contribution in [1.29, 1.82) is 0 Å². The molecule has 0 spiro atoms. The Morgan fingerprint density at radius 1 is 0.857 bits per heavy atom. The first-order valence-electron chi connectivity index (χ1n) is 6.31. The fourth-order valence-corrected chi connectivity index (χ4v) is 2.04. The number of rotatable bonds is 5. The van der Waals surface area contributed by atoms with E-state index in [1.807, 2.05) is 0 Å². The molecule has 0 aliphatic carbocycles. The first-order valence-corrected chi connectivity index (χ1v) is 6.31. The summed E-state index contributed by atoms with van der Waals surface area (Å²) in [5.74, 6) is 1.25. The van der Waals surface area contributed by atoms with Gasteiger partial charge in [-0.25, -0.2) is 0 Å². The van der Waals surface area contributed by atoms with Gasteiger partial charge in [0.1, 0.15) is 17.2 Å². The zero-order valence-corrected chi connectivity index (χ0v) is 12.2. The summed E-state index contributed by atoms with van der Waals surface area (Å²) in [6.45, 7) is 0. The Morgan fingerprint density at radius 3 is 2.00 bits per heavy atom. The van der Waals surface area contributed by atoms with Gasteiger partial charge in [-0.15, -0.1) is 0 Å². The summed E-state index contributed by atoms with van der Waals surface area (Å²) >= 11 is 0. The fraction of sp³-hybridized carbons (Fsp3) is 0.188. The van der Waals surface area contributed by atoms with Gasteiger partial charge in [-0.1, -0.05) is 0 Å². The number of anilines is 1. The number of carbonyl (C=O) groups is 1. The van der Waals surface area contributed by atoms with Crippen LogP contribution in [-0.4, -0.2) is 27.1 Å². The van der Waals surface area contributed by atoms with Gasteiger partial charge in [0.15, 0.2) is 0 Å². The number of carbonyl (C=O) groups excluding carboxylic acids is 1. The summed E-state index contributed by atoms with van der Waals surface area (Å²) in [7, 11) is 4.55. The van der Waals surface area contributed by atoms with Gasteiger partial charge in [-0.05, 0) is 36.4 Å². The van der Waals surface area contributed by atoms with Crippen LogP contribution in [0.15, 0.2) is 36.4 Å². The number of hydrogen-bond donors (Lipinski definition) is 1. The molecule has 0 unspecified atom stereocenters. The maximum atomic E-state index is 12.8. The van der Waals surface area contributed by atoms with Crippen LogP contribution in [-0.2, 0) is 0 Å². The minimum atomic E-state index is -0.241. The molecule has 0 aliphatic rings. The molecule has 0 amide bonds. The predicted molar refractivity (Wildman–Crippen MR) is 80.4 cm³/mol. The molecule has 0 atom stereocenters. The van der Waals surface area contributed by atoms with Gasteiger partial charge in [0.25, 0.3) is 0 Å². The van der Waals surface area contributed by atoms with Crippen LogP contribution in [0.4, 0.5) is 5.69 Å². The predicted octanol–water partition coefficient (Wildman–Crippen LogP) is 2.53. The smallest absolute Gasteiger partial charge is 0.200 e. The molecule has 21 heavy (non-hydrogen) atoms. The average molecular weight is 287 g/mol. The first kappa shape index (κ1) is 14.7. The zero-order valence-electron chi connectivity index (χ0n) is 12.2. The van der Waals surface area contributed by atoms with E-state index < -0.39 is 0 Å². The van der Waals surface area contributed by atoms with Crippen LogP contribution in [0.5, 0.6) is 17.2 Å². The lowest BCUT2D eigenvalue weighted by atomic mass is 10.0. The monoisotopic (exact) mass is 287 g/mol. The normalized spacial score (nSPS) is 10.0. The molecule has 0 saturated carbocycles. The van der Waals surface area contributed by atoms with Crippen molar-refractivity contribution in [2.45, 2.75) is 0 Å². The molecular weight excluding hydrogens is 270 g/mol. The van der Waals surface area contributed by atoms with Crippen molar-refractivity contribution < 1.29 is 19.0 Å². The Kier molecular flexibility index (Phi) is 4.33. The highest BCUT2D eigenvalue weighted by atomic mass is 16.5. The van der Waals surface area contributed by atoms with Crippen LogP contribution in [0.3, 0.4) is 0 Å². The molecule has 0 aliphatic heterocycles. The van der Waals surface area contributed by atoms with Crippen LogP contribution in [0.2, 0.25) is 0 Å². The topological polar surface area (TPSA) is 70.8 Å². The van der Waals surface area contributed by atoms with E-state index in [0.717, 1.165) is 0 Å². The number of nitrogen functional groups attached to an aromatic ring is 1. The van der Waals surface area contributed by atoms with Gasteiger partial charge < -0.3 is 19.9 Å². The maximum absolute atomic E-state index is 12.8. The Labute approximate surface area is 123 Å². The third-order valence-corrected chi connectivity index (χ3v) is 3.12. The van der Waals surface area contributed by atoms with E-state index >= 15 is 0 Å². The van der Waals surface area contributed by atoms with E-state index in [0.29, 0.717) is 34.1 Å². The van der Waals surface area contributed by atoms with Crippen molar-refractivity contribution in [1.82, 2.24) is 0 Å². The Hall–Kier alpha value is -2.69. The van der Waals surface area contributed by atoms with Crippen LogP contribution in [0.25, 0.3) is 0 Å². The van der Waals surface area contributed by atoms with Crippen LogP contribution >= 0.6 is 0 Å². The summed E-state index contributed by atoms with van der Waals surface area (Å²) in [5, 5.41) is 0. The fourth-order valence-electron chi connectivity index (χ4n) is 2.04. The highest BCUT2D eigenvalue weighted by molar-refractivity contribution is 6.13. The number of benzene rings is 2. The molecule has 2 N–H and O–H groups in total. The summed E-state index contributed by atoms with van der Waals surface area (Å²) in [5.41, 5.74) is 7.02. The lowest BCUT2D eigenvalue weighted by Gasteiger charge is -2.12. The Morgan fingerprint density at radius 2 is 1.43 bits per heavy atom. The van der Waals surface area contributed by atoms with Crippen LogP contribution in [0.1, 0.15) is 15.9 Å². The van der Waals surface area contributed by atoms with E-state index in [-0.39, 0.29) is 5.78 Å². The number of hydrogen-bond acceptors (Lipinski definition) is 5. The first-order chi connectivity index (χ1) is 10.1. The van der Waals surface area contributed by atoms with Gasteiger partial charge in [-0.3, -0.25) is 4.79 Å². The molecule has 0 radical (unpaired) electrons. The molecule has 0 heterocycles. The van der Waals surface area contributed by atoms with Gasteiger partial charge >= 0.3 is 0 Å². The summed E-state index contributed by atoms with van der Waals surface area (Å²) in [4.78, 5) is 12.8. The molecule has 2 aromatic carbocycles. The molecular formula is C16H17NO4. The van der Waals surface area contributed by atoms with E-state index in [4.69, 9.17) is 19.9 Å². The van der Waals surface area contributed by atoms with Gasteiger partial charge in [0, 0.05) is 5.69 Å². The van der Waals surface area contributed by atoms with Crippen molar-refractivity contribution in [2.75, 3.05) is 27.1 Å². The second-order valence-electron chi connectivity index (χ2n) is 4.36. The molecule has 110 valence electrons. The molecule has 0 fully saturated rings. The maximum Gasteiger partial charge on any atom is 0.200 e. The number of ketones is 1. The lowest BCUT2D eigenvalue weighted by Crippen LogP contribution is -2.07. The van der Waals surface area contributed by atoms with Gasteiger partial charge in [0.2, 0.25) is 5.78 Å². The molecule has 2 rings (SSSR count). The average Bonchev–Trinajstić information content (AvgIpc) is 2.53. The van der Waals surface area contributed by atoms with Crippen LogP contribution < -0.4 is 19.9 Å². The highest BCUT2D eigenvalue weighted by Gasteiger charge is 2.19. The van der Waals surface area contributed by atoms with Crippen molar-refractivity contribution in [3.8, 4) is 17.2 Å². The third-order valence-electron chi connectivity index (χ3n) is 3.12. The van der Waals surface area contributed by atoms with Crippen molar-refractivity contribution >= 4 is 11.5 Å². The van der Waals surface area contributed by atoms with Crippen molar-refractivity contribution in [3.05, 3.63) is 47.5 Å². The minimum Gasteiger partial charge on any atom is -0.497 e. The van der Waals surface area contributed by atoms with Gasteiger partial charge in [-0.2, -0.15) is 0 Å². The SMILES string of the molecule is COc1ccc(OC)c(C(=O)c2cc(N)ccc2OC)c1. The highest BCUT2D eigenvalue weighted by Crippen LogP contribution is 2.30. The standard InChI is InChI=1S/C16H17NO4/c1-19-11-5-7-15(21-3)13(9-11)16(18)12-8-10(17)4-6-14(12)20-2/h4-9H,17H2,1-3H3. The second kappa shape index (κ2) is 6.17. The second-order valence-corrected chi connectivity index (χ2v) is 4.36. The largest absolute Gasteiger partial charge is 0.497 e. The molecule has 0 aromatic heterocycles. The van der Waals surface area contributed by atoms with Crippen molar-refractivity contribution in [3.63, 3.8) is 0 Å². The summed E-state index contributed by atoms with van der Waals surface area (Å²) < 4.78 is 15.6.